The van der Waals surface area contributed by atoms with Gasteiger partial charge < -0.3 is 9.84 Å². The number of benzene rings is 2. The lowest BCUT2D eigenvalue weighted by Crippen LogP contribution is -2.22. The summed E-state index contributed by atoms with van der Waals surface area (Å²) < 4.78 is 5.79. The summed E-state index contributed by atoms with van der Waals surface area (Å²) in [6, 6.07) is 15.1. The Labute approximate surface area is 132 Å². The van der Waals surface area contributed by atoms with Gasteiger partial charge in [-0.2, -0.15) is 0 Å². The first kappa shape index (κ1) is 15.9. The molecule has 2 rings (SSSR count). The zero-order valence-electron chi connectivity index (χ0n) is 13.3. The second kappa shape index (κ2) is 6.99. The molecule has 0 amide bonds. The summed E-state index contributed by atoms with van der Waals surface area (Å²) in [5, 5.41) is 9.22. The molecular weight excluding hydrogens is 272 g/mol. The monoisotopic (exact) mass is 294 g/mol. The van der Waals surface area contributed by atoms with E-state index in [0.29, 0.717) is 0 Å². The molecule has 0 fully saturated rings. The third kappa shape index (κ3) is 5.49. The number of allylic oxidation sites excluding steroid dienone is 2. The van der Waals surface area contributed by atoms with E-state index in [-0.39, 0.29) is 11.4 Å². The predicted octanol–water partition coefficient (Wildman–Crippen LogP) is 5.30. The summed E-state index contributed by atoms with van der Waals surface area (Å²) in [4.78, 5) is 0. The van der Waals surface area contributed by atoms with E-state index >= 15 is 0 Å². The molecule has 0 aromatic heterocycles. The van der Waals surface area contributed by atoms with Crippen molar-refractivity contribution in [2.75, 3.05) is 0 Å². The van der Waals surface area contributed by atoms with Crippen molar-refractivity contribution >= 4 is 12.2 Å². The topological polar surface area (TPSA) is 29.5 Å². The molecule has 0 aliphatic carbocycles. The Morgan fingerprint density at radius 1 is 0.773 bits per heavy atom. The Morgan fingerprint density at radius 2 is 1.23 bits per heavy atom. The number of ether oxygens (including phenoxy) is 1. The quantitative estimate of drug-likeness (QED) is 0.776. The molecule has 0 aliphatic heterocycles. The first-order valence-electron chi connectivity index (χ1n) is 7.35. The molecule has 0 radical (unpaired) electrons. The van der Waals surface area contributed by atoms with Crippen LogP contribution in [0.2, 0.25) is 0 Å². The van der Waals surface area contributed by atoms with Crippen molar-refractivity contribution in [3.63, 3.8) is 0 Å². The molecule has 0 atom stereocenters. The van der Waals surface area contributed by atoms with Crippen molar-refractivity contribution in [3.05, 3.63) is 71.8 Å². The van der Waals surface area contributed by atoms with Crippen LogP contribution in [0.3, 0.4) is 0 Å². The molecule has 1 N–H and O–H groups in total. The molecule has 0 bridgehead atoms. The van der Waals surface area contributed by atoms with E-state index in [2.05, 4.69) is 0 Å². The average Bonchev–Trinajstić information content (AvgIpc) is 2.45. The van der Waals surface area contributed by atoms with Crippen molar-refractivity contribution in [3.8, 4) is 11.5 Å². The van der Waals surface area contributed by atoms with E-state index in [4.69, 9.17) is 4.74 Å². The van der Waals surface area contributed by atoms with Crippen molar-refractivity contribution in [1.82, 2.24) is 0 Å². The molecule has 0 saturated carbocycles. The van der Waals surface area contributed by atoms with Crippen LogP contribution in [0, 0.1) is 0 Å². The number of phenolic OH excluding ortho intramolecular Hbond substituents is 1. The lowest BCUT2D eigenvalue weighted by atomic mass is 10.1. The molecule has 2 aromatic carbocycles. The van der Waals surface area contributed by atoms with Crippen LogP contribution in [-0.2, 0) is 0 Å². The van der Waals surface area contributed by atoms with Crippen LogP contribution >= 0.6 is 0 Å². The third-order valence-electron chi connectivity index (χ3n) is 2.89. The first-order chi connectivity index (χ1) is 10.4. The highest BCUT2D eigenvalue weighted by molar-refractivity contribution is 5.57. The average molecular weight is 294 g/mol. The number of hydrogen-bond acceptors (Lipinski definition) is 2. The third-order valence-corrected chi connectivity index (χ3v) is 2.89. The van der Waals surface area contributed by atoms with Gasteiger partial charge >= 0.3 is 0 Å². The summed E-state index contributed by atoms with van der Waals surface area (Å²) in [5.74, 6) is 1.16. The van der Waals surface area contributed by atoms with E-state index in [1.54, 1.807) is 12.1 Å². The van der Waals surface area contributed by atoms with Gasteiger partial charge in [0.15, 0.2) is 0 Å². The fraction of sp³-hybridized carbons (Fsp3) is 0.200. The van der Waals surface area contributed by atoms with Gasteiger partial charge in [0, 0.05) is 0 Å². The summed E-state index contributed by atoms with van der Waals surface area (Å²) in [6.07, 6.45) is 8.00. The van der Waals surface area contributed by atoms with E-state index in [1.165, 1.54) is 0 Å². The lowest BCUT2D eigenvalue weighted by Gasteiger charge is -2.21. The van der Waals surface area contributed by atoms with Crippen LogP contribution in [-0.4, -0.2) is 10.7 Å². The molecule has 22 heavy (non-hydrogen) atoms. The largest absolute Gasteiger partial charge is 0.508 e. The highest BCUT2D eigenvalue weighted by Gasteiger charge is 2.10. The van der Waals surface area contributed by atoms with E-state index in [1.807, 2.05) is 81.5 Å². The summed E-state index contributed by atoms with van der Waals surface area (Å²) in [5.41, 5.74) is 2.00. The number of rotatable bonds is 4. The molecule has 0 aliphatic rings. The zero-order valence-corrected chi connectivity index (χ0v) is 13.3. The highest BCUT2D eigenvalue weighted by atomic mass is 16.5. The molecule has 0 spiro atoms. The molecular formula is C20H22O2. The Morgan fingerprint density at radius 3 is 1.68 bits per heavy atom. The van der Waals surface area contributed by atoms with Crippen LogP contribution in [0.4, 0.5) is 0 Å². The number of aromatic hydroxyl groups is 1. The summed E-state index contributed by atoms with van der Waals surface area (Å²) in [7, 11) is 0. The van der Waals surface area contributed by atoms with Crippen LogP contribution < -0.4 is 4.74 Å². The fourth-order valence-corrected chi connectivity index (χ4v) is 1.92. The fourth-order valence-electron chi connectivity index (χ4n) is 1.92. The number of hydrogen-bond donors (Lipinski definition) is 1. The van der Waals surface area contributed by atoms with E-state index in [9.17, 15) is 5.11 Å². The van der Waals surface area contributed by atoms with Crippen molar-refractivity contribution in [2.24, 2.45) is 0 Å². The van der Waals surface area contributed by atoms with Crippen LogP contribution in [0.15, 0.2) is 60.7 Å². The second-order valence-electron chi connectivity index (χ2n) is 6.09. The van der Waals surface area contributed by atoms with Gasteiger partial charge in [-0.05, 0) is 56.2 Å². The van der Waals surface area contributed by atoms with Gasteiger partial charge in [0.25, 0.3) is 0 Å². The predicted molar refractivity (Wildman–Crippen MR) is 93.0 cm³/mol. The minimum absolute atomic E-state index is 0.176. The Balaban J connectivity index is 1.94. The Hall–Kier alpha value is -2.48. The molecule has 0 unspecified atom stereocenters. The smallest absolute Gasteiger partial charge is 0.120 e. The molecule has 2 aromatic rings. The second-order valence-corrected chi connectivity index (χ2v) is 6.09. The molecule has 0 saturated heterocycles. The van der Waals surface area contributed by atoms with Gasteiger partial charge in [-0.15, -0.1) is 0 Å². The maximum atomic E-state index is 9.22. The standard InChI is InChI=1S/C20H22O2/c1-20(2,3)22-19-14-10-17(11-15-19)7-5-4-6-16-8-12-18(21)13-9-16/h4-15,21H,1-3H3. The minimum Gasteiger partial charge on any atom is -0.508 e. The molecule has 114 valence electrons. The lowest BCUT2D eigenvalue weighted by molar-refractivity contribution is 0.131. The van der Waals surface area contributed by atoms with Crippen LogP contribution in [0.25, 0.3) is 12.2 Å². The summed E-state index contributed by atoms with van der Waals surface area (Å²) in [6.45, 7) is 6.11. The van der Waals surface area contributed by atoms with Crippen LogP contribution in [0.5, 0.6) is 11.5 Å². The Kier molecular flexibility index (Phi) is 5.05. The zero-order chi connectivity index (χ0) is 16.0. The van der Waals surface area contributed by atoms with Gasteiger partial charge in [-0.3, -0.25) is 0 Å². The van der Waals surface area contributed by atoms with E-state index < -0.39 is 0 Å². The maximum Gasteiger partial charge on any atom is 0.120 e. The van der Waals surface area contributed by atoms with Crippen LogP contribution in [0.1, 0.15) is 31.9 Å². The summed E-state index contributed by atoms with van der Waals surface area (Å²) >= 11 is 0. The SMILES string of the molecule is CC(C)(C)Oc1ccc(C=CC=Cc2ccc(O)cc2)cc1. The molecule has 2 heteroatoms. The van der Waals surface area contributed by atoms with Gasteiger partial charge in [-0.25, -0.2) is 0 Å². The maximum absolute atomic E-state index is 9.22. The van der Waals surface area contributed by atoms with Gasteiger partial charge in [-0.1, -0.05) is 48.6 Å². The Bertz CT molecular complexity index is 642. The van der Waals surface area contributed by atoms with Gasteiger partial charge in [0.2, 0.25) is 0 Å². The molecule has 0 heterocycles. The van der Waals surface area contributed by atoms with Crippen molar-refractivity contribution in [1.29, 1.82) is 0 Å². The molecule has 2 nitrogen and oxygen atoms in total. The minimum atomic E-state index is -0.176. The van der Waals surface area contributed by atoms with Gasteiger partial charge in [0.1, 0.15) is 17.1 Å². The van der Waals surface area contributed by atoms with E-state index in [0.717, 1.165) is 16.9 Å². The van der Waals surface area contributed by atoms with Gasteiger partial charge in [0.05, 0.1) is 0 Å². The first-order valence-corrected chi connectivity index (χ1v) is 7.35. The van der Waals surface area contributed by atoms with Crippen molar-refractivity contribution in [2.45, 2.75) is 26.4 Å². The highest BCUT2D eigenvalue weighted by Crippen LogP contribution is 2.19. The normalized spacial score (nSPS) is 12.1. The number of phenols is 1. The van der Waals surface area contributed by atoms with Crippen molar-refractivity contribution < 1.29 is 9.84 Å².